The molecule has 0 saturated carbocycles. The van der Waals surface area contributed by atoms with Gasteiger partial charge in [-0.05, 0) is 13.0 Å². The van der Waals surface area contributed by atoms with E-state index >= 15 is 0 Å². The minimum absolute atomic E-state index is 0.138. The second-order valence-electron chi connectivity index (χ2n) is 4.34. The average Bonchev–Trinajstić information content (AvgIpc) is 2.33. The Morgan fingerprint density at radius 1 is 1.35 bits per heavy atom. The van der Waals surface area contributed by atoms with Gasteiger partial charge in [0.15, 0.2) is 0 Å². The smallest absolute Gasteiger partial charge is 0.233 e. The summed E-state index contributed by atoms with van der Waals surface area (Å²) in [4.78, 5) is 13.0. The molecule has 5 heteroatoms. The lowest BCUT2D eigenvalue weighted by Crippen LogP contribution is -2.40. The lowest BCUT2D eigenvalue weighted by molar-refractivity contribution is -0.130. The van der Waals surface area contributed by atoms with Crippen LogP contribution in [0.25, 0.3) is 0 Å². The second-order valence-corrected chi connectivity index (χ2v) is 4.34. The third-order valence-electron chi connectivity index (χ3n) is 2.95. The Balaban J connectivity index is 1.85. The van der Waals surface area contributed by atoms with Crippen LogP contribution >= 0.6 is 0 Å². The van der Waals surface area contributed by atoms with Crippen LogP contribution in [0.5, 0.6) is 5.88 Å². The third-order valence-corrected chi connectivity index (χ3v) is 2.95. The summed E-state index contributed by atoms with van der Waals surface area (Å²) in [6.07, 6.45) is 1.85. The van der Waals surface area contributed by atoms with E-state index in [1.54, 1.807) is 6.92 Å². The average molecular weight is 235 g/mol. The van der Waals surface area contributed by atoms with Gasteiger partial charge in [-0.2, -0.15) is 5.10 Å². The predicted molar refractivity (Wildman–Crippen MR) is 62.7 cm³/mol. The van der Waals surface area contributed by atoms with Crippen LogP contribution in [0.15, 0.2) is 12.1 Å². The van der Waals surface area contributed by atoms with Crippen LogP contribution in [0.3, 0.4) is 0 Å². The first-order valence-corrected chi connectivity index (χ1v) is 5.87. The van der Waals surface area contributed by atoms with Gasteiger partial charge in [-0.1, -0.05) is 0 Å². The van der Waals surface area contributed by atoms with Crippen molar-refractivity contribution in [3.05, 3.63) is 17.8 Å². The molecule has 1 amide bonds. The number of nitrogens with zero attached hydrogens (tertiary/aromatic N) is 3. The summed E-state index contributed by atoms with van der Waals surface area (Å²) in [5, 5.41) is 7.92. The molecule has 17 heavy (non-hydrogen) atoms. The quantitative estimate of drug-likeness (QED) is 0.772. The van der Waals surface area contributed by atoms with Crippen LogP contribution in [0.1, 0.15) is 25.5 Å². The molecular formula is C12H17N3O2. The minimum Gasteiger partial charge on any atom is -0.473 e. The molecule has 1 fully saturated rings. The van der Waals surface area contributed by atoms with Crippen molar-refractivity contribution in [1.82, 2.24) is 15.1 Å². The van der Waals surface area contributed by atoms with E-state index in [1.807, 2.05) is 24.0 Å². The van der Waals surface area contributed by atoms with Gasteiger partial charge in [-0.15, -0.1) is 5.10 Å². The zero-order valence-electron chi connectivity index (χ0n) is 10.2. The molecule has 1 aliphatic heterocycles. The van der Waals surface area contributed by atoms with Crippen molar-refractivity contribution < 1.29 is 9.53 Å². The number of aromatic nitrogens is 2. The molecule has 1 aromatic rings. The summed E-state index contributed by atoms with van der Waals surface area (Å²) in [5.41, 5.74) is 0.878. The van der Waals surface area contributed by atoms with Crippen molar-refractivity contribution in [2.45, 2.75) is 32.8 Å². The molecule has 0 radical (unpaired) electrons. The third kappa shape index (κ3) is 3.15. The number of carbonyl (C=O) groups excluding carboxylic acids is 1. The van der Waals surface area contributed by atoms with Gasteiger partial charge in [-0.25, -0.2) is 0 Å². The summed E-state index contributed by atoms with van der Waals surface area (Å²) in [7, 11) is 0. The molecule has 0 bridgehead atoms. The standard InChI is InChI=1S/C12H17N3O2/c1-9-3-4-12(14-13-9)17-11-5-7-15(8-6-11)10(2)16/h3-4,11H,5-8H2,1-2H3. The van der Waals surface area contributed by atoms with Crippen LogP contribution in [0, 0.1) is 6.92 Å². The fraction of sp³-hybridized carbons (Fsp3) is 0.583. The highest BCUT2D eigenvalue weighted by molar-refractivity contribution is 5.73. The largest absolute Gasteiger partial charge is 0.473 e. The molecule has 2 rings (SSSR count). The van der Waals surface area contributed by atoms with E-state index in [4.69, 9.17) is 4.74 Å². The molecule has 92 valence electrons. The van der Waals surface area contributed by atoms with Crippen LogP contribution in [-0.2, 0) is 4.79 Å². The summed E-state index contributed by atoms with van der Waals surface area (Å²) in [6.45, 7) is 5.02. The number of aryl methyl sites for hydroxylation is 1. The lowest BCUT2D eigenvalue weighted by Gasteiger charge is -2.31. The molecule has 1 aromatic heterocycles. The SMILES string of the molecule is CC(=O)N1CCC(Oc2ccc(C)nn2)CC1. The van der Waals surface area contributed by atoms with Crippen molar-refractivity contribution >= 4 is 5.91 Å². The number of rotatable bonds is 2. The molecule has 1 aliphatic rings. The number of carbonyl (C=O) groups is 1. The second kappa shape index (κ2) is 5.12. The van der Waals surface area contributed by atoms with Gasteiger partial charge in [-0.3, -0.25) is 4.79 Å². The number of amides is 1. The fourth-order valence-corrected chi connectivity index (χ4v) is 1.91. The Bertz CT molecular complexity index is 383. The summed E-state index contributed by atoms with van der Waals surface area (Å²) < 4.78 is 5.73. The Labute approximate surface area is 101 Å². The van der Waals surface area contributed by atoms with Gasteiger partial charge in [0.1, 0.15) is 6.10 Å². The molecule has 0 atom stereocenters. The van der Waals surface area contributed by atoms with Crippen LogP contribution < -0.4 is 4.74 Å². The molecule has 0 aromatic carbocycles. The highest BCUT2D eigenvalue weighted by Gasteiger charge is 2.22. The van der Waals surface area contributed by atoms with Gasteiger partial charge >= 0.3 is 0 Å². The summed E-state index contributed by atoms with van der Waals surface area (Å²) >= 11 is 0. The highest BCUT2D eigenvalue weighted by Crippen LogP contribution is 2.16. The predicted octanol–water partition coefficient (Wildman–Crippen LogP) is 1.17. The van der Waals surface area contributed by atoms with Crippen molar-refractivity contribution in [2.24, 2.45) is 0 Å². The molecular weight excluding hydrogens is 218 g/mol. The van der Waals surface area contributed by atoms with Gasteiger partial charge < -0.3 is 9.64 Å². The molecule has 1 saturated heterocycles. The van der Waals surface area contributed by atoms with Crippen LogP contribution in [-0.4, -0.2) is 40.2 Å². The van der Waals surface area contributed by atoms with E-state index in [1.165, 1.54) is 0 Å². The topological polar surface area (TPSA) is 55.3 Å². The van der Waals surface area contributed by atoms with E-state index in [0.717, 1.165) is 31.6 Å². The van der Waals surface area contributed by atoms with Crippen molar-refractivity contribution in [3.63, 3.8) is 0 Å². The zero-order valence-corrected chi connectivity index (χ0v) is 10.2. The maximum atomic E-state index is 11.2. The first-order chi connectivity index (χ1) is 8.15. The number of piperidine rings is 1. The summed E-state index contributed by atoms with van der Waals surface area (Å²) in [6, 6.07) is 3.71. The van der Waals surface area contributed by atoms with Gasteiger partial charge in [0.05, 0.1) is 5.69 Å². The Morgan fingerprint density at radius 3 is 2.59 bits per heavy atom. The Morgan fingerprint density at radius 2 is 2.06 bits per heavy atom. The fourth-order valence-electron chi connectivity index (χ4n) is 1.91. The molecule has 0 unspecified atom stereocenters. The maximum Gasteiger partial charge on any atom is 0.233 e. The molecule has 0 aliphatic carbocycles. The van der Waals surface area contributed by atoms with Crippen LogP contribution in [0.4, 0.5) is 0 Å². The van der Waals surface area contributed by atoms with Crippen molar-refractivity contribution in [3.8, 4) is 5.88 Å². The minimum atomic E-state index is 0.138. The van der Waals surface area contributed by atoms with Gasteiger partial charge in [0.2, 0.25) is 11.8 Å². The first kappa shape index (κ1) is 11.8. The monoisotopic (exact) mass is 235 g/mol. The van der Waals surface area contributed by atoms with E-state index in [0.29, 0.717) is 5.88 Å². The first-order valence-electron chi connectivity index (χ1n) is 5.87. The Kier molecular flexibility index (Phi) is 3.56. The van der Waals surface area contributed by atoms with E-state index in [2.05, 4.69) is 10.2 Å². The molecule has 0 spiro atoms. The van der Waals surface area contributed by atoms with E-state index in [-0.39, 0.29) is 12.0 Å². The number of hydrogen-bond donors (Lipinski definition) is 0. The van der Waals surface area contributed by atoms with Crippen molar-refractivity contribution in [2.75, 3.05) is 13.1 Å². The van der Waals surface area contributed by atoms with Gasteiger partial charge in [0, 0.05) is 38.9 Å². The molecule has 0 N–H and O–H groups in total. The molecule has 2 heterocycles. The highest BCUT2D eigenvalue weighted by atomic mass is 16.5. The van der Waals surface area contributed by atoms with Gasteiger partial charge in [0.25, 0.3) is 0 Å². The number of ether oxygens (including phenoxy) is 1. The lowest BCUT2D eigenvalue weighted by atomic mass is 10.1. The van der Waals surface area contributed by atoms with Crippen molar-refractivity contribution in [1.29, 1.82) is 0 Å². The van der Waals surface area contributed by atoms with E-state index in [9.17, 15) is 4.79 Å². The number of hydrogen-bond acceptors (Lipinski definition) is 4. The van der Waals surface area contributed by atoms with E-state index < -0.39 is 0 Å². The maximum absolute atomic E-state index is 11.2. The summed E-state index contributed by atoms with van der Waals surface area (Å²) in [5.74, 6) is 0.704. The Hall–Kier alpha value is -1.65. The van der Waals surface area contributed by atoms with Crippen LogP contribution in [0.2, 0.25) is 0 Å². The number of likely N-dealkylation sites (tertiary alicyclic amines) is 1. The molecule has 5 nitrogen and oxygen atoms in total. The zero-order chi connectivity index (χ0) is 12.3. The normalized spacial score (nSPS) is 16.9.